The maximum atomic E-state index is 11.9. The predicted molar refractivity (Wildman–Crippen MR) is 80.8 cm³/mol. The summed E-state index contributed by atoms with van der Waals surface area (Å²) in [6, 6.07) is 7.38. The minimum atomic E-state index is -0.390. The Kier molecular flexibility index (Phi) is 5.17. The zero-order valence-corrected chi connectivity index (χ0v) is 12.7. The Morgan fingerprint density at radius 1 is 1.45 bits per heavy atom. The zero-order valence-electron chi connectivity index (χ0n) is 11.1. The van der Waals surface area contributed by atoms with Gasteiger partial charge in [-0.2, -0.15) is 0 Å². The van der Waals surface area contributed by atoms with Crippen molar-refractivity contribution < 1.29 is 14.3 Å². The highest BCUT2D eigenvalue weighted by atomic mass is 79.9. The number of benzene rings is 1. The fourth-order valence-electron chi connectivity index (χ4n) is 1.80. The van der Waals surface area contributed by atoms with E-state index in [0.29, 0.717) is 31.0 Å². The van der Waals surface area contributed by atoms with Crippen molar-refractivity contribution in [2.24, 2.45) is 0 Å². The Hall–Kier alpha value is -1.37. The van der Waals surface area contributed by atoms with Gasteiger partial charge in [-0.25, -0.2) is 0 Å². The Labute approximate surface area is 125 Å². The molecule has 0 aliphatic carbocycles. The maximum Gasteiger partial charge on any atom is 0.287 e. The van der Waals surface area contributed by atoms with Crippen molar-refractivity contribution in [3.05, 3.63) is 34.5 Å². The van der Waals surface area contributed by atoms with E-state index >= 15 is 0 Å². The fraction of sp³-hybridized carbons (Fsp3) is 0.357. The summed E-state index contributed by atoms with van der Waals surface area (Å²) in [5, 5.41) is 15.7. The number of amides is 1. The molecular formula is C14H17BrN2O3. The van der Waals surface area contributed by atoms with Gasteiger partial charge in [0.05, 0.1) is 10.6 Å². The van der Waals surface area contributed by atoms with Crippen LogP contribution in [0.2, 0.25) is 0 Å². The number of hydrogen-bond acceptors (Lipinski definition) is 4. The van der Waals surface area contributed by atoms with Crippen LogP contribution in [0.25, 0.3) is 11.0 Å². The minimum absolute atomic E-state index is 0.244. The highest BCUT2D eigenvalue weighted by molar-refractivity contribution is 9.10. The van der Waals surface area contributed by atoms with Crippen LogP contribution in [0.4, 0.5) is 0 Å². The van der Waals surface area contributed by atoms with Gasteiger partial charge in [-0.1, -0.05) is 12.1 Å². The summed E-state index contributed by atoms with van der Waals surface area (Å²) >= 11 is 3.39. The van der Waals surface area contributed by atoms with Crippen molar-refractivity contribution in [2.45, 2.75) is 13.0 Å². The molecule has 1 unspecified atom stereocenters. The monoisotopic (exact) mass is 340 g/mol. The van der Waals surface area contributed by atoms with E-state index in [9.17, 15) is 4.79 Å². The highest BCUT2D eigenvalue weighted by Crippen LogP contribution is 2.26. The average molecular weight is 341 g/mol. The van der Waals surface area contributed by atoms with Gasteiger partial charge >= 0.3 is 0 Å². The van der Waals surface area contributed by atoms with Crippen LogP contribution in [0.1, 0.15) is 17.5 Å². The molecule has 0 saturated carbocycles. The van der Waals surface area contributed by atoms with E-state index in [1.807, 2.05) is 18.2 Å². The van der Waals surface area contributed by atoms with Crippen molar-refractivity contribution in [2.75, 3.05) is 19.6 Å². The first-order valence-corrected chi connectivity index (χ1v) is 7.22. The number of hydrogen-bond donors (Lipinski definition) is 3. The fourth-order valence-corrected chi connectivity index (χ4v) is 2.26. The van der Waals surface area contributed by atoms with E-state index in [0.717, 1.165) is 9.86 Å². The molecule has 1 amide bonds. The number of rotatable bonds is 6. The summed E-state index contributed by atoms with van der Waals surface area (Å²) in [5.41, 5.74) is 0.671. The number of aliphatic hydroxyl groups is 1. The third-order valence-electron chi connectivity index (χ3n) is 2.75. The number of nitrogens with one attached hydrogen (secondary N) is 2. The second kappa shape index (κ2) is 6.88. The average Bonchev–Trinajstić information content (AvgIpc) is 2.83. The molecule has 2 rings (SSSR count). The molecule has 6 heteroatoms. The molecule has 2 aromatic rings. The Balaban J connectivity index is 1.90. The van der Waals surface area contributed by atoms with Crippen molar-refractivity contribution in [3.8, 4) is 0 Å². The second-order valence-corrected chi connectivity index (χ2v) is 5.43. The van der Waals surface area contributed by atoms with E-state index in [1.165, 1.54) is 0 Å². The quantitative estimate of drug-likeness (QED) is 0.702. The summed E-state index contributed by atoms with van der Waals surface area (Å²) in [5.74, 6) is 0.0503. The largest absolute Gasteiger partial charge is 0.450 e. The van der Waals surface area contributed by atoms with Gasteiger partial charge in [0.25, 0.3) is 5.91 Å². The molecule has 5 nitrogen and oxygen atoms in total. The van der Waals surface area contributed by atoms with Crippen LogP contribution in [0.5, 0.6) is 0 Å². The Morgan fingerprint density at radius 3 is 2.95 bits per heavy atom. The molecule has 108 valence electrons. The van der Waals surface area contributed by atoms with Gasteiger partial charge in [0, 0.05) is 25.0 Å². The van der Waals surface area contributed by atoms with Crippen molar-refractivity contribution in [3.63, 3.8) is 0 Å². The van der Waals surface area contributed by atoms with E-state index in [-0.39, 0.29) is 5.91 Å². The number of para-hydroxylation sites is 1. The normalized spacial score (nSPS) is 12.6. The SMILES string of the molecule is CC(O)CNCCNC(=O)c1cc2cccc(Br)c2o1. The van der Waals surface area contributed by atoms with Crippen molar-refractivity contribution in [1.29, 1.82) is 0 Å². The predicted octanol–water partition coefficient (Wildman–Crippen LogP) is 1.90. The van der Waals surface area contributed by atoms with E-state index in [2.05, 4.69) is 26.6 Å². The topological polar surface area (TPSA) is 74.5 Å². The lowest BCUT2D eigenvalue weighted by atomic mass is 10.2. The van der Waals surface area contributed by atoms with Crippen LogP contribution in [0.3, 0.4) is 0 Å². The molecule has 0 aliphatic rings. The van der Waals surface area contributed by atoms with Gasteiger partial charge in [0.1, 0.15) is 5.58 Å². The Bertz CT molecular complexity index is 595. The summed E-state index contributed by atoms with van der Waals surface area (Å²) < 4.78 is 6.36. The van der Waals surface area contributed by atoms with Crippen molar-refractivity contribution in [1.82, 2.24) is 10.6 Å². The number of carbonyl (C=O) groups is 1. The van der Waals surface area contributed by atoms with Gasteiger partial charge in [0.2, 0.25) is 0 Å². The molecular weight excluding hydrogens is 324 g/mol. The first kappa shape index (κ1) is 15.0. The van der Waals surface area contributed by atoms with E-state index in [1.54, 1.807) is 13.0 Å². The number of aliphatic hydroxyl groups excluding tert-OH is 1. The van der Waals surface area contributed by atoms with Gasteiger partial charge in [-0.05, 0) is 35.0 Å². The smallest absolute Gasteiger partial charge is 0.287 e. The lowest BCUT2D eigenvalue weighted by Crippen LogP contribution is -2.34. The summed E-state index contributed by atoms with van der Waals surface area (Å²) in [4.78, 5) is 11.9. The molecule has 0 bridgehead atoms. The van der Waals surface area contributed by atoms with Crippen molar-refractivity contribution >= 4 is 32.8 Å². The molecule has 0 fully saturated rings. The molecule has 20 heavy (non-hydrogen) atoms. The number of fused-ring (bicyclic) bond motifs is 1. The van der Waals surface area contributed by atoms with E-state index < -0.39 is 6.10 Å². The summed E-state index contributed by atoms with van der Waals surface area (Å²) in [6.07, 6.45) is -0.390. The van der Waals surface area contributed by atoms with Gasteiger partial charge in [-0.3, -0.25) is 4.79 Å². The molecule has 1 aromatic heterocycles. The molecule has 1 atom stereocenters. The third-order valence-corrected chi connectivity index (χ3v) is 3.37. The molecule has 0 saturated heterocycles. The lowest BCUT2D eigenvalue weighted by Gasteiger charge is -2.07. The number of carbonyl (C=O) groups excluding carboxylic acids is 1. The molecule has 0 aliphatic heterocycles. The van der Waals surface area contributed by atoms with Crippen LogP contribution >= 0.6 is 15.9 Å². The van der Waals surface area contributed by atoms with Crippen LogP contribution in [0.15, 0.2) is 33.2 Å². The summed E-state index contributed by atoms with van der Waals surface area (Å²) in [6.45, 7) is 3.29. The first-order valence-electron chi connectivity index (χ1n) is 6.43. The molecule has 3 N–H and O–H groups in total. The van der Waals surface area contributed by atoms with Crippen LogP contribution in [-0.2, 0) is 0 Å². The molecule has 1 heterocycles. The Morgan fingerprint density at radius 2 is 2.25 bits per heavy atom. The second-order valence-electron chi connectivity index (χ2n) is 4.58. The maximum absolute atomic E-state index is 11.9. The van der Waals surface area contributed by atoms with Crippen LogP contribution < -0.4 is 10.6 Å². The van der Waals surface area contributed by atoms with Gasteiger partial charge in [-0.15, -0.1) is 0 Å². The standard InChI is InChI=1S/C14H17BrN2O3/c1-9(18)8-16-5-6-17-14(19)12-7-10-3-2-4-11(15)13(10)20-12/h2-4,7,9,16,18H,5-6,8H2,1H3,(H,17,19). The lowest BCUT2D eigenvalue weighted by molar-refractivity contribution is 0.0928. The van der Waals surface area contributed by atoms with Gasteiger partial charge < -0.3 is 20.2 Å². The number of furan rings is 1. The van der Waals surface area contributed by atoms with E-state index in [4.69, 9.17) is 9.52 Å². The molecule has 0 radical (unpaired) electrons. The highest BCUT2D eigenvalue weighted by Gasteiger charge is 2.12. The first-order chi connectivity index (χ1) is 9.58. The third kappa shape index (κ3) is 3.82. The van der Waals surface area contributed by atoms with Gasteiger partial charge in [0.15, 0.2) is 5.76 Å². The van der Waals surface area contributed by atoms with Crippen LogP contribution in [0, 0.1) is 0 Å². The molecule has 1 aromatic carbocycles. The zero-order chi connectivity index (χ0) is 14.5. The molecule has 0 spiro atoms. The number of halogens is 1. The summed E-state index contributed by atoms with van der Waals surface area (Å²) in [7, 11) is 0. The minimum Gasteiger partial charge on any atom is -0.450 e. The van der Waals surface area contributed by atoms with Crippen LogP contribution in [-0.4, -0.2) is 36.8 Å².